The van der Waals surface area contributed by atoms with E-state index in [1.807, 2.05) is 0 Å². The van der Waals surface area contributed by atoms with E-state index in [9.17, 15) is 0 Å². The summed E-state index contributed by atoms with van der Waals surface area (Å²) in [5, 5.41) is 6.02. The van der Waals surface area contributed by atoms with Crippen molar-refractivity contribution in [1.29, 1.82) is 0 Å². The highest BCUT2D eigenvalue weighted by Gasteiger charge is 2.21. The van der Waals surface area contributed by atoms with Gasteiger partial charge in [-0.25, -0.2) is 0 Å². The minimum absolute atomic E-state index is 0.0681. The number of hydrogen-bond donors (Lipinski definition) is 5. The molecular weight excluding hydrogens is 212 g/mol. The highest BCUT2D eigenvalue weighted by atomic mass is 32.2. The molecule has 0 aromatic rings. The van der Waals surface area contributed by atoms with Gasteiger partial charge in [0, 0.05) is 26.2 Å². The van der Waals surface area contributed by atoms with Crippen LogP contribution in [0.4, 0.5) is 0 Å². The Labute approximate surface area is 95.3 Å². The number of nitrogens with two attached hydrogens (primary N) is 3. The standard InChI is InChI=1S/C8H22N6S/c1-12-6(9)7(10)15-8(11)14-4-2-13-3-5-14/h6-8,12-13H,2-5,9-11H2,1H3. The van der Waals surface area contributed by atoms with E-state index in [2.05, 4.69) is 15.5 Å². The zero-order chi connectivity index (χ0) is 11.3. The average molecular weight is 234 g/mol. The third kappa shape index (κ3) is 4.23. The first-order chi connectivity index (χ1) is 7.15. The fraction of sp³-hybridized carbons (Fsp3) is 1.00. The Morgan fingerprint density at radius 2 is 1.87 bits per heavy atom. The van der Waals surface area contributed by atoms with Gasteiger partial charge in [0.05, 0.1) is 11.5 Å². The first-order valence-electron chi connectivity index (χ1n) is 5.19. The maximum atomic E-state index is 6.04. The molecule has 0 aromatic heterocycles. The van der Waals surface area contributed by atoms with Gasteiger partial charge in [-0.1, -0.05) is 0 Å². The summed E-state index contributed by atoms with van der Waals surface area (Å²) in [5.74, 6) is 0. The molecule has 90 valence electrons. The number of nitrogens with one attached hydrogen (secondary N) is 2. The molecule has 0 radical (unpaired) electrons. The van der Waals surface area contributed by atoms with Crippen LogP contribution in [-0.2, 0) is 0 Å². The first-order valence-corrected chi connectivity index (χ1v) is 6.13. The largest absolute Gasteiger partial charge is 0.317 e. The quantitative estimate of drug-likeness (QED) is 0.339. The van der Waals surface area contributed by atoms with Gasteiger partial charge in [-0.05, 0) is 7.05 Å². The maximum Gasteiger partial charge on any atom is 0.107 e. The van der Waals surface area contributed by atoms with Gasteiger partial charge in [0.2, 0.25) is 0 Å². The molecule has 1 rings (SSSR count). The average Bonchev–Trinajstić information content (AvgIpc) is 2.29. The Kier molecular flexibility index (Phi) is 5.83. The molecule has 0 aromatic carbocycles. The normalized spacial score (nSPS) is 24.8. The van der Waals surface area contributed by atoms with Gasteiger partial charge >= 0.3 is 0 Å². The highest BCUT2D eigenvalue weighted by molar-refractivity contribution is 8.00. The minimum Gasteiger partial charge on any atom is -0.317 e. The summed E-state index contributed by atoms with van der Waals surface area (Å²) < 4.78 is 0. The number of rotatable bonds is 5. The summed E-state index contributed by atoms with van der Waals surface area (Å²) in [7, 11) is 1.79. The van der Waals surface area contributed by atoms with Crippen molar-refractivity contribution in [2.45, 2.75) is 17.0 Å². The summed E-state index contributed by atoms with van der Waals surface area (Å²) in [6, 6.07) is 0. The monoisotopic (exact) mass is 234 g/mol. The lowest BCUT2D eigenvalue weighted by atomic mass is 10.4. The van der Waals surface area contributed by atoms with E-state index < -0.39 is 0 Å². The zero-order valence-electron chi connectivity index (χ0n) is 9.15. The Morgan fingerprint density at radius 1 is 1.27 bits per heavy atom. The van der Waals surface area contributed by atoms with Crippen LogP contribution in [0.3, 0.4) is 0 Å². The van der Waals surface area contributed by atoms with Gasteiger partial charge in [-0.15, -0.1) is 11.8 Å². The third-order valence-electron chi connectivity index (χ3n) is 2.50. The first kappa shape index (κ1) is 13.2. The third-order valence-corrected chi connectivity index (χ3v) is 3.68. The van der Waals surface area contributed by atoms with Gasteiger partial charge in [0.25, 0.3) is 0 Å². The van der Waals surface area contributed by atoms with E-state index in [0.29, 0.717) is 0 Å². The van der Waals surface area contributed by atoms with Crippen LogP contribution < -0.4 is 27.8 Å². The summed E-state index contributed by atoms with van der Waals surface area (Å²) in [6.45, 7) is 3.91. The van der Waals surface area contributed by atoms with Crippen LogP contribution in [0.25, 0.3) is 0 Å². The predicted octanol–water partition coefficient (Wildman–Crippen LogP) is -2.34. The molecular formula is C8H22N6S. The Balaban J connectivity index is 2.29. The fourth-order valence-electron chi connectivity index (χ4n) is 1.43. The summed E-state index contributed by atoms with van der Waals surface area (Å²) in [6.07, 6.45) is -0.219. The molecule has 3 atom stereocenters. The lowest BCUT2D eigenvalue weighted by molar-refractivity contribution is 0.227. The second-order valence-electron chi connectivity index (χ2n) is 3.59. The molecule has 6 nitrogen and oxygen atoms in total. The van der Waals surface area contributed by atoms with Crippen LogP contribution in [0.1, 0.15) is 0 Å². The van der Waals surface area contributed by atoms with E-state index in [1.54, 1.807) is 7.05 Å². The highest BCUT2D eigenvalue weighted by Crippen LogP contribution is 2.15. The molecule has 0 bridgehead atoms. The van der Waals surface area contributed by atoms with Gasteiger partial charge in [0.1, 0.15) is 5.50 Å². The number of thioether (sulfide) groups is 1. The number of nitrogens with zero attached hydrogens (tertiary/aromatic N) is 1. The number of piperazine rings is 1. The number of likely N-dealkylation sites (N-methyl/N-ethyl adjacent to an activating group) is 1. The van der Waals surface area contributed by atoms with Crippen molar-refractivity contribution < 1.29 is 0 Å². The van der Waals surface area contributed by atoms with Crippen LogP contribution >= 0.6 is 11.8 Å². The van der Waals surface area contributed by atoms with Crippen LogP contribution in [0, 0.1) is 0 Å². The predicted molar refractivity (Wildman–Crippen MR) is 65.0 cm³/mol. The molecule has 0 aliphatic carbocycles. The van der Waals surface area contributed by atoms with Crippen LogP contribution in [-0.4, -0.2) is 55.2 Å². The minimum atomic E-state index is -0.219. The topological polar surface area (TPSA) is 105 Å². The second-order valence-corrected chi connectivity index (χ2v) is 4.89. The van der Waals surface area contributed by atoms with Crippen LogP contribution in [0.5, 0.6) is 0 Å². The lowest BCUT2D eigenvalue weighted by Crippen LogP contribution is -2.54. The van der Waals surface area contributed by atoms with Crippen molar-refractivity contribution in [2.24, 2.45) is 17.2 Å². The Bertz CT molecular complexity index is 175. The zero-order valence-corrected chi connectivity index (χ0v) is 9.96. The van der Waals surface area contributed by atoms with E-state index >= 15 is 0 Å². The molecule has 8 N–H and O–H groups in total. The molecule has 0 amide bonds. The van der Waals surface area contributed by atoms with Gasteiger partial charge < -0.3 is 27.8 Å². The summed E-state index contributed by atoms with van der Waals surface area (Å²) in [4.78, 5) is 2.21. The smallest absolute Gasteiger partial charge is 0.107 e. The molecule has 3 unspecified atom stereocenters. The molecule has 7 heteroatoms. The summed E-state index contributed by atoms with van der Waals surface area (Å²) in [5.41, 5.74) is 17.6. The molecule has 15 heavy (non-hydrogen) atoms. The Hall–Kier alpha value is 0.110. The van der Waals surface area contributed by atoms with E-state index in [0.717, 1.165) is 26.2 Å². The molecule has 1 aliphatic heterocycles. The molecule has 0 saturated carbocycles. The molecule has 1 saturated heterocycles. The van der Waals surface area contributed by atoms with Crippen LogP contribution in [0.15, 0.2) is 0 Å². The van der Waals surface area contributed by atoms with E-state index in [1.165, 1.54) is 11.8 Å². The van der Waals surface area contributed by atoms with Crippen molar-refractivity contribution >= 4 is 11.8 Å². The van der Waals surface area contributed by atoms with E-state index in [4.69, 9.17) is 17.2 Å². The molecule has 1 heterocycles. The molecule has 1 aliphatic rings. The molecule has 1 fully saturated rings. The van der Waals surface area contributed by atoms with Gasteiger partial charge in [-0.3, -0.25) is 4.90 Å². The lowest BCUT2D eigenvalue weighted by Gasteiger charge is -2.34. The van der Waals surface area contributed by atoms with Gasteiger partial charge in [0.15, 0.2) is 0 Å². The SMILES string of the molecule is CNC(N)C(N)SC(N)N1CCNCC1. The van der Waals surface area contributed by atoms with Crippen LogP contribution in [0.2, 0.25) is 0 Å². The van der Waals surface area contributed by atoms with Crippen molar-refractivity contribution in [3.8, 4) is 0 Å². The second kappa shape index (κ2) is 6.64. The summed E-state index contributed by atoms with van der Waals surface area (Å²) >= 11 is 1.50. The number of hydrogen-bond acceptors (Lipinski definition) is 7. The van der Waals surface area contributed by atoms with E-state index in [-0.39, 0.29) is 17.0 Å². The molecule has 0 spiro atoms. The van der Waals surface area contributed by atoms with Crippen molar-refractivity contribution in [2.75, 3.05) is 33.2 Å². The van der Waals surface area contributed by atoms with Crippen molar-refractivity contribution in [1.82, 2.24) is 15.5 Å². The maximum absolute atomic E-state index is 6.04. The van der Waals surface area contributed by atoms with Crippen molar-refractivity contribution in [3.05, 3.63) is 0 Å². The fourth-order valence-corrected chi connectivity index (χ4v) is 2.44. The Morgan fingerprint density at radius 3 is 2.40 bits per heavy atom. The van der Waals surface area contributed by atoms with Crippen molar-refractivity contribution in [3.63, 3.8) is 0 Å². The van der Waals surface area contributed by atoms with Gasteiger partial charge in [-0.2, -0.15) is 0 Å².